The maximum Gasteiger partial charge on any atom is 0.174 e. The Bertz CT molecular complexity index is 1370. The van der Waals surface area contributed by atoms with Crippen molar-refractivity contribution in [3.05, 3.63) is 103 Å². The summed E-state index contributed by atoms with van der Waals surface area (Å²) in [7, 11) is 1.70. The number of pyridine rings is 1. The Morgan fingerprint density at radius 2 is 1.70 bits per heavy atom. The fourth-order valence-corrected chi connectivity index (χ4v) is 5.85. The van der Waals surface area contributed by atoms with Crippen molar-refractivity contribution in [1.82, 2.24) is 14.9 Å². The summed E-state index contributed by atoms with van der Waals surface area (Å²) in [5, 5.41) is 4.22. The maximum absolute atomic E-state index is 6.22. The standard InChI is InChI=1S/C30H30N4O2S/c1-35-27-14-5-4-12-25(27)33-20-8-13-26(33)29-28(24-11-6-7-19-31-24)32-30(37)34(29)21-15-17-23(18-16-21)36-22-9-2-3-10-22/h4-8,11-20,22,28-29H,2-3,9-10H2,1H3,(H,32,37)/t28-,29-/m0/s1. The van der Waals surface area contributed by atoms with Crippen molar-refractivity contribution in [2.24, 2.45) is 0 Å². The molecule has 1 N–H and O–H groups in total. The van der Waals surface area contributed by atoms with Gasteiger partial charge in [0.2, 0.25) is 0 Å². The van der Waals surface area contributed by atoms with Gasteiger partial charge in [-0.3, -0.25) is 4.98 Å². The maximum atomic E-state index is 6.22. The zero-order valence-electron chi connectivity index (χ0n) is 20.8. The first-order chi connectivity index (χ1) is 18.2. The van der Waals surface area contributed by atoms with Crippen LogP contribution in [0.4, 0.5) is 5.69 Å². The van der Waals surface area contributed by atoms with E-state index in [4.69, 9.17) is 21.7 Å². The van der Waals surface area contributed by atoms with Crippen LogP contribution in [0, 0.1) is 0 Å². The Morgan fingerprint density at radius 3 is 2.46 bits per heavy atom. The normalized spacial score (nSPS) is 19.7. The lowest BCUT2D eigenvalue weighted by Crippen LogP contribution is -2.30. The first-order valence-corrected chi connectivity index (χ1v) is 13.2. The highest BCUT2D eigenvalue weighted by Gasteiger charge is 2.42. The predicted octanol–water partition coefficient (Wildman–Crippen LogP) is 6.38. The molecular weight excluding hydrogens is 480 g/mol. The van der Waals surface area contributed by atoms with Gasteiger partial charge in [0.15, 0.2) is 5.11 Å². The highest BCUT2D eigenvalue weighted by molar-refractivity contribution is 7.80. The predicted molar refractivity (Wildman–Crippen MR) is 150 cm³/mol. The molecule has 1 saturated heterocycles. The summed E-state index contributed by atoms with van der Waals surface area (Å²) in [6.07, 6.45) is 8.99. The van der Waals surface area contributed by atoms with Gasteiger partial charge in [0.05, 0.1) is 30.6 Å². The summed E-state index contributed by atoms with van der Waals surface area (Å²) in [6, 6.07) is 26.3. The van der Waals surface area contributed by atoms with Gasteiger partial charge in [-0.1, -0.05) is 18.2 Å². The lowest BCUT2D eigenvalue weighted by Gasteiger charge is -2.29. The third-order valence-electron chi connectivity index (χ3n) is 7.25. The number of nitrogens with zero attached hydrogens (tertiary/aromatic N) is 3. The molecule has 2 aromatic carbocycles. The molecule has 6 nitrogen and oxygen atoms in total. The van der Waals surface area contributed by atoms with E-state index >= 15 is 0 Å². The zero-order valence-corrected chi connectivity index (χ0v) is 21.6. The molecule has 6 rings (SSSR count). The molecule has 2 fully saturated rings. The Kier molecular flexibility index (Phi) is 6.53. The summed E-state index contributed by atoms with van der Waals surface area (Å²) < 4.78 is 14.1. The molecule has 3 heterocycles. The minimum Gasteiger partial charge on any atom is -0.495 e. The van der Waals surface area contributed by atoms with Crippen LogP contribution in [0.5, 0.6) is 11.5 Å². The first-order valence-electron chi connectivity index (χ1n) is 12.8. The number of hydrogen-bond donors (Lipinski definition) is 1. The Labute approximate surface area is 222 Å². The number of thiocarbonyl (C=S) groups is 1. The van der Waals surface area contributed by atoms with Crippen LogP contribution in [0.2, 0.25) is 0 Å². The summed E-state index contributed by atoms with van der Waals surface area (Å²) in [5.74, 6) is 1.71. The van der Waals surface area contributed by atoms with Crippen molar-refractivity contribution in [3.8, 4) is 17.2 Å². The van der Waals surface area contributed by atoms with Gasteiger partial charge in [-0.25, -0.2) is 0 Å². The number of methoxy groups -OCH3 is 1. The third-order valence-corrected chi connectivity index (χ3v) is 7.56. The fraction of sp³-hybridized carbons (Fsp3) is 0.267. The van der Waals surface area contributed by atoms with Gasteiger partial charge in [0.1, 0.15) is 17.5 Å². The lowest BCUT2D eigenvalue weighted by molar-refractivity contribution is 0.210. The second-order valence-electron chi connectivity index (χ2n) is 9.49. The van der Waals surface area contributed by atoms with Gasteiger partial charge in [0.25, 0.3) is 0 Å². The van der Waals surface area contributed by atoms with Gasteiger partial charge in [-0.15, -0.1) is 0 Å². The number of ether oxygens (including phenoxy) is 2. The summed E-state index contributed by atoms with van der Waals surface area (Å²) in [4.78, 5) is 6.88. The van der Waals surface area contributed by atoms with Crippen LogP contribution in [0.3, 0.4) is 0 Å². The molecular formula is C30H30N4O2S. The number of para-hydroxylation sites is 2. The molecule has 2 aliphatic rings. The highest BCUT2D eigenvalue weighted by atomic mass is 32.1. The molecule has 1 saturated carbocycles. The average molecular weight is 511 g/mol. The van der Waals surface area contributed by atoms with E-state index in [2.05, 4.69) is 68.4 Å². The van der Waals surface area contributed by atoms with Gasteiger partial charge >= 0.3 is 0 Å². The second kappa shape index (κ2) is 10.3. The van der Waals surface area contributed by atoms with Crippen LogP contribution < -0.4 is 19.7 Å². The van der Waals surface area contributed by atoms with Gasteiger partial charge in [0, 0.05) is 23.8 Å². The number of nitrogens with one attached hydrogen (secondary N) is 1. The minimum atomic E-state index is -0.135. The van der Waals surface area contributed by atoms with Crippen LogP contribution >= 0.6 is 12.2 Å². The molecule has 2 atom stereocenters. The summed E-state index contributed by atoms with van der Waals surface area (Å²) >= 11 is 5.93. The van der Waals surface area contributed by atoms with Crippen molar-refractivity contribution in [1.29, 1.82) is 0 Å². The van der Waals surface area contributed by atoms with Crippen molar-refractivity contribution < 1.29 is 9.47 Å². The van der Waals surface area contributed by atoms with Crippen LogP contribution in [0.15, 0.2) is 91.3 Å². The van der Waals surface area contributed by atoms with E-state index in [1.807, 2.05) is 42.6 Å². The van der Waals surface area contributed by atoms with E-state index in [9.17, 15) is 0 Å². The Balaban J connectivity index is 1.41. The molecule has 0 unspecified atom stereocenters. The van der Waals surface area contributed by atoms with Crippen LogP contribution in [-0.2, 0) is 0 Å². The third kappa shape index (κ3) is 4.55. The molecule has 0 amide bonds. The smallest absolute Gasteiger partial charge is 0.174 e. The minimum absolute atomic E-state index is 0.133. The van der Waals surface area contributed by atoms with Crippen molar-refractivity contribution in [2.75, 3.05) is 12.0 Å². The van der Waals surface area contributed by atoms with Gasteiger partial charge < -0.3 is 24.3 Å². The number of hydrogen-bond acceptors (Lipinski definition) is 4. The molecule has 0 radical (unpaired) electrons. The largest absolute Gasteiger partial charge is 0.495 e. The number of rotatable bonds is 7. The SMILES string of the molecule is COc1ccccc1-n1cccc1[C@H]1[C@H](c2ccccn2)NC(=S)N1c1ccc(OC2CCCC2)cc1. The molecule has 188 valence electrons. The average Bonchev–Trinajstić information content (AvgIpc) is 3.70. The lowest BCUT2D eigenvalue weighted by atomic mass is 10.0. The summed E-state index contributed by atoms with van der Waals surface area (Å²) in [6.45, 7) is 0. The first kappa shape index (κ1) is 23.6. The zero-order chi connectivity index (χ0) is 25.2. The molecule has 0 spiro atoms. The van der Waals surface area contributed by atoms with Crippen LogP contribution in [-0.4, -0.2) is 27.9 Å². The van der Waals surface area contributed by atoms with Crippen LogP contribution in [0.1, 0.15) is 49.2 Å². The van der Waals surface area contributed by atoms with E-state index in [0.717, 1.165) is 47.1 Å². The molecule has 1 aliphatic carbocycles. The quantitative estimate of drug-likeness (QED) is 0.291. The van der Waals surface area contributed by atoms with Gasteiger partial charge in [-0.2, -0.15) is 0 Å². The molecule has 4 aromatic rings. The topological polar surface area (TPSA) is 51.5 Å². The number of anilines is 1. The molecule has 1 aliphatic heterocycles. The van der Waals surface area contributed by atoms with Gasteiger partial charge in [-0.05, 0) is 98.6 Å². The van der Waals surface area contributed by atoms with E-state index in [1.54, 1.807) is 7.11 Å². The Morgan fingerprint density at radius 1 is 0.919 bits per heavy atom. The second-order valence-corrected chi connectivity index (χ2v) is 9.88. The summed E-state index contributed by atoms with van der Waals surface area (Å²) in [5.41, 5.74) is 4.00. The van der Waals surface area contributed by atoms with Crippen molar-refractivity contribution in [3.63, 3.8) is 0 Å². The number of benzene rings is 2. The van der Waals surface area contributed by atoms with E-state index in [1.165, 1.54) is 12.8 Å². The highest BCUT2D eigenvalue weighted by Crippen LogP contribution is 2.43. The Hall–Kier alpha value is -3.84. The van der Waals surface area contributed by atoms with E-state index < -0.39 is 0 Å². The monoisotopic (exact) mass is 510 g/mol. The molecule has 2 aromatic heterocycles. The molecule has 37 heavy (non-hydrogen) atoms. The van der Waals surface area contributed by atoms with Crippen molar-refractivity contribution in [2.45, 2.75) is 43.9 Å². The van der Waals surface area contributed by atoms with Crippen LogP contribution in [0.25, 0.3) is 5.69 Å². The molecule has 7 heteroatoms. The van der Waals surface area contributed by atoms with E-state index in [-0.39, 0.29) is 12.1 Å². The van der Waals surface area contributed by atoms with E-state index in [0.29, 0.717) is 11.2 Å². The fourth-order valence-electron chi connectivity index (χ4n) is 5.50. The molecule has 0 bridgehead atoms. The van der Waals surface area contributed by atoms with Crippen molar-refractivity contribution >= 4 is 23.0 Å². The number of aromatic nitrogens is 2.